The van der Waals surface area contributed by atoms with Crippen LogP contribution in [0.3, 0.4) is 0 Å². The van der Waals surface area contributed by atoms with Gasteiger partial charge < -0.3 is 15.4 Å². The van der Waals surface area contributed by atoms with Gasteiger partial charge in [-0.1, -0.05) is 44.0 Å². The smallest absolute Gasteiger partial charge is 0.341 e. The van der Waals surface area contributed by atoms with Crippen molar-refractivity contribution >= 4 is 39.6 Å². The van der Waals surface area contributed by atoms with Crippen LogP contribution in [0.2, 0.25) is 0 Å². The van der Waals surface area contributed by atoms with Crippen molar-refractivity contribution < 1.29 is 9.53 Å². The Morgan fingerprint density at radius 3 is 2.62 bits per heavy atom. The van der Waals surface area contributed by atoms with Gasteiger partial charge in [-0.25, -0.2) is 4.79 Å². The first-order valence-corrected chi connectivity index (χ1v) is 11.6. The number of aryl methyl sites for hydroxylation is 2. The molecule has 1 heterocycles. The lowest BCUT2D eigenvalue weighted by Gasteiger charge is -2.18. The average Bonchev–Trinajstić information content (AvgIpc) is 2.88. The van der Waals surface area contributed by atoms with E-state index in [2.05, 4.69) is 48.7 Å². The highest BCUT2D eigenvalue weighted by Crippen LogP contribution is 2.38. The molecule has 0 spiro atoms. The van der Waals surface area contributed by atoms with Gasteiger partial charge in [0.1, 0.15) is 5.00 Å². The molecule has 1 aromatic heterocycles. The summed E-state index contributed by atoms with van der Waals surface area (Å²) in [4.78, 5) is 13.8. The number of hydrogen-bond acceptors (Lipinski definition) is 4. The number of thiocarbonyl (C=S) groups is 1. The standard InChI is InChI=1S/C23H30N2O2S2/c1-4-8-16-11-13-17(14-12-16)15(2)24-23(28)25-21-20(22(26)27-3)18-9-6-5-7-10-19(18)29-21/h11-15H,4-10H2,1-3H3,(H2,24,25,28). The fraction of sp³-hybridized carbons (Fsp3) is 0.478. The van der Waals surface area contributed by atoms with Gasteiger partial charge in [-0.2, -0.15) is 0 Å². The number of hydrogen-bond donors (Lipinski definition) is 2. The van der Waals surface area contributed by atoms with Gasteiger partial charge >= 0.3 is 5.97 Å². The quantitative estimate of drug-likeness (QED) is 0.344. The van der Waals surface area contributed by atoms with Crippen molar-refractivity contribution in [1.82, 2.24) is 5.32 Å². The molecule has 1 unspecified atom stereocenters. The van der Waals surface area contributed by atoms with Crippen molar-refractivity contribution in [2.24, 2.45) is 0 Å². The van der Waals surface area contributed by atoms with E-state index < -0.39 is 0 Å². The second kappa shape index (κ2) is 10.2. The third-order valence-corrected chi connectivity index (χ3v) is 6.83. The van der Waals surface area contributed by atoms with Gasteiger partial charge in [-0.15, -0.1) is 11.3 Å². The van der Waals surface area contributed by atoms with E-state index in [0.29, 0.717) is 10.7 Å². The first-order chi connectivity index (χ1) is 14.0. The Bertz CT molecular complexity index is 859. The van der Waals surface area contributed by atoms with Gasteiger partial charge in [-0.3, -0.25) is 0 Å². The Morgan fingerprint density at radius 2 is 1.93 bits per heavy atom. The van der Waals surface area contributed by atoms with Crippen LogP contribution in [0.15, 0.2) is 24.3 Å². The normalized spacial score (nSPS) is 14.4. The lowest BCUT2D eigenvalue weighted by atomic mass is 10.0. The molecule has 0 aliphatic heterocycles. The molecular formula is C23H30N2O2S2. The molecule has 1 aromatic carbocycles. The summed E-state index contributed by atoms with van der Waals surface area (Å²) >= 11 is 7.20. The molecule has 0 saturated carbocycles. The number of anilines is 1. The fourth-order valence-corrected chi connectivity index (χ4v) is 5.45. The highest BCUT2D eigenvalue weighted by atomic mass is 32.1. The molecule has 0 fully saturated rings. The van der Waals surface area contributed by atoms with Crippen LogP contribution < -0.4 is 10.6 Å². The zero-order chi connectivity index (χ0) is 20.8. The first-order valence-electron chi connectivity index (χ1n) is 10.4. The molecule has 3 rings (SSSR count). The third-order valence-electron chi connectivity index (χ3n) is 5.40. The van der Waals surface area contributed by atoms with E-state index in [4.69, 9.17) is 17.0 Å². The second-order valence-corrected chi connectivity index (χ2v) is 9.09. The number of esters is 1. The Morgan fingerprint density at radius 1 is 1.21 bits per heavy atom. The summed E-state index contributed by atoms with van der Waals surface area (Å²) in [6, 6.07) is 8.74. The van der Waals surface area contributed by atoms with Gasteiger partial charge in [0.2, 0.25) is 0 Å². The lowest BCUT2D eigenvalue weighted by Crippen LogP contribution is -2.31. The van der Waals surface area contributed by atoms with E-state index in [1.807, 2.05) is 0 Å². The molecule has 4 nitrogen and oxygen atoms in total. The highest BCUT2D eigenvalue weighted by molar-refractivity contribution is 7.80. The van der Waals surface area contributed by atoms with E-state index in [9.17, 15) is 4.79 Å². The van der Waals surface area contributed by atoms with Gasteiger partial charge in [0.15, 0.2) is 5.11 Å². The molecule has 1 aliphatic rings. The molecule has 2 N–H and O–H groups in total. The van der Waals surface area contributed by atoms with E-state index >= 15 is 0 Å². The summed E-state index contributed by atoms with van der Waals surface area (Å²) < 4.78 is 5.07. The largest absolute Gasteiger partial charge is 0.465 e. The van der Waals surface area contributed by atoms with Crippen LogP contribution in [-0.2, 0) is 24.0 Å². The van der Waals surface area contributed by atoms with Crippen LogP contribution in [0, 0.1) is 0 Å². The number of thiophene rings is 1. The number of benzene rings is 1. The molecule has 2 aromatic rings. The molecule has 0 saturated heterocycles. The Labute approximate surface area is 183 Å². The average molecular weight is 431 g/mol. The van der Waals surface area contributed by atoms with Gasteiger partial charge in [0.05, 0.1) is 18.7 Å². The van der Waals surface area contributed by atoms with E-state index in [1.54, 1.807) is 11.3 Å². The highest BCUT2D eigenvalue weighted by Gasteiger charge is 2.26. The minimum absolute atomic E-state index is 0.0741. The first kappa shape index (κ1) is 21.8. The number of carbonyl (C=O) groups is 1. The minimum Gasteiger partial charge on any atom is -0.465 e. The fourth-order valence-electron chi connectivity index (χ4n) is 3.83. The molecule has 1 aliphatic carbocycles. The number of ether oxygens (including phenoxy) is 1. The Hall–Kier alpha value is -1.92. The summed E-state index contributed by atoms with van der Waals surface area (Å²) in [5.41, 5.74) is 4.34. The van der Waals surface area contributed by atoms with Crippen LogP contribution in [0.25, 0.3) is 0 Å². The van der Waals surface area contributed by atoms with Crippen molar-refractivity contribution in [2.45, 2.75) is 64.8 Å². The van der Waals surface area contributed by atoms with E-state index in [1.165, 1.54) is 36.0 Å². The summed E-state index contributed by atoms with van der Waals surface area (Å²) in [5, 5.41) is 7.94. The van der Waals surface area contributed by atoms with Crippen molar-refractivity contribution in [3.05, 3.63) is 51.4 Å². The second-order valence-electron chi connectivity index (χ2n) is 7.57. The molecule has 0 amide bonds. The summed E-state index contributed by atoms with van der Waals surface area (Å²) in [6.45, 7) is 4.28. The van der Waals surface area contributed by atoms with Crippen LogP contribution in [0.4, 0.5) is 5.00 Å². The molecule has 1 atom stereocenters. The van der Waals surface area contributed by atoms with Crippen LogP contribution in [0.5, 0.6) is 0 Å². The van der Waals surface area contributed by atoms with Crippen molar-refractivity contribution in [2.75, 3.05) is 12.4 Å². The summed E-state index contributed by atoms with van der Waals surface area (Å²) in [6.07, 6.45) is 7.68. The zero-order valence-electron chi connectivity index (χ0n) is 17.5. The maximum Gasteiger partial charge on any atom is 0.341 e. The van der Waals surface area contributed by atoms with Crippen LogP contribution in [-0.4, -0.2) is 18.2 Å². The van der Waals surface area contributed by atoms with Crippen molar-refractivity contribution in [3.8, 4) is 0 Å². The Kier molecular flexibility index (Phi) is 7.67. The molecule has 0 radical (unpaired) electrons. The molecule has 29 heavy (non-hydrogen) atoms. The van der Waals surface area contributed by atoms with Gasteiger partial charge in [0.25, 0.3) is 0 Å². The number of fused-ring (bicyclic) bond motifs is 1. The minimum atomic E-state index is -0.283. The van der Waals surface area contributed by atoms with E-state index in [-0.39, 0.29) is 12.0 Å². The van der Waals surface area contributed by atoms with Gasteiger partial charge in [0, 0.05) is 4.88 Å². The summed E-state index contributed by atoms with van der Waals surface area (Å²) in [7, 11) is 1.44. The van der Waals surface area contributed by atoms with Crippen LogP contribution >= 0.6 is 23.6 Å². The third kappa shape index (κ3) is 5.37. The number of carbonyl (C=O) groups excluding carboxylic acids is 1. The maximum atomic E-state index is 12.5. The Balaban J connectivity index is 1.72. The maximum absolute atomic E-state index is 12.5. The molecule has 0 bridgehead atoms. The topological polar surface area (TPSA) is 50.4 Å². The number of methoxy groups -OCH3 is 1. The predicted molar refractivity (Wildman–Crippen MR) is 125 cm³/mol. The van der Waals surface area contributed by atoms with Gasteiger partial charge in [-0.05, 0) is 67.9 Å². The summed E-state index contributed by atoms with van der Waals surface area (Å²) in [5.74, 6) is -0.283. The molecular weight excluding hydrogens is 400 g/mol. The predicted octanol–water partition coefficient (Wildman–Crippen LogP) is 5.80. The zero-order valence-corrected chi connectivity index (χ0v) is 19.1. The van der Waals surface area contributed by atoms with E-state index in [0.717, 1.165) is 42.7 Å². The molecule has 156 valence electrons. The monoisotopic (exact) mass is 430 g/mol. The lowest BCUT2D eigenvalue weighted by molar-refractivity contribution is 0.0601. The van der Waals surface area contributed by atoms with Crippen LogP contribution in [0.1, 0.15) is 77.5 Å². The van der Waals surface area contributed by atoms with Crippen molar-refractivity contribution in [3.63, 3.8) is 0 Å². The molecule has 6 heteroatoms. The SMILES string of the molecule is CCCc1ccc(C(C)NC(=S)Nc2sc3c(c2C(=O)OC)CCCCC3)cc1. The van der Waals surface area contributed by atoms with Crippen molar-refractivity contribution in [1.29, 1.82) is 0 Å². The number of nitrogens with one attached hydrogen (secondary N) is 2. The number of rotatable bonds is 6.